The van der Waals surface area contributed by atoms with Gasteiger partial charge in [-0.05, 0) is 51.3 Å². The third-order valence-corrected chi connectivity index (χ3v) is 6.16. The molecule has 1 aromatic carbocycles. The van der Waals surface area contributed by atoms with Crippen molar-refractivity contribution in [1.29, 1.82) is 0 Å². The van der Waals surface area contributed by atoms with Crippen LogP contribution in [0, 0.1) is 0 Å². The quantitative estimate of drug-likeness (QED) is 0.637. The van der Waals surface area contributed by atoms with E-state index in [0.717, 1.165) is 62.9 Å². The number of hydrogen-bond donors (Lipinski definition) is 2. The molecule has 1 saturated heterocycles. The molecule has 2 aliphatic rings. The molecule has 164 valence electrons. The molecule has 1 saturated carbocycles. The minimum atomic E-state index is -0.538. The number of aliphatic hydroxyl groups is 1. The lowest BCUT2D eigenvalue weighted by Crippen LogP contribution is -2.49. The van der Waals surface area contributed by atoms with Gasteiger partial charge in [0.25, 0.3) is 6.47 Å². The summed E-state index contributed by atoms with van der Waals surface area (Å²) in [5, 5.41) is 14.8. The average molecular weight is 469 g/mol. The fourth-order valence-electron chi connectivity index (χ4n) is 4.12. The van der Waals surface area contributed by atoms with Gasteiger partial charge in [0, 0.05) is 43.1 Å². The number of hydrogen-bond acceptors (Lipinski definition) is 5. The molecule has 5 nitrogen and oxygen atoms in total. The number of halogens is 1. The Morgan fingerprint density at radius 3 is 2.41 bits per heavy atom. The molecule has 2 fully saturated rings. The first-order valence-electron chi connectivity index (χ1n) is 10.8. The summed E-state index contributed by atoms with van der Waals surface area (Å²) in [6, 6.07) is 8.54. The maximum Gasteiger partial charge on any atom is 0.293 e. The van der Waals surface area contributed by atoms with Gasteiger partial charge in [-0.15, -0.1) is 0 Å². The van der Waals surface area contributed by atoms with Crippen LogP contribution in [0.3, 0.4) is 0 Å². The normalized spacial score (nSPS) is 20.9. The molecule has 1 atom stereocenters. The van der Waals surface area contributed by atoms with Gasteiger partial charge in [-0.1, -0.05) is 47.3 Å². The van der Waals surface area contributed by atoms with Crippen LogP contribution in [0.25, 0.3) is 0 Å². The van der Waals surface area contributed by atoms with Crippen LogP contribution >= 0.6 is 15.9 Å². The lowest BCUT2D eigenvalue weighted by Gasteiger charge is -2.42. The highest BCUT2D eigenvalue weighted by Gasteiger charge is 2.39. The summed E-state index contributed by atoms with van der Waals surface area (Å²) in [5.41, 5.74) is 0.420. The molecule has 0 spiro atoms. The number of carbonyl (C=O) groups excluding carboxylic acids is 1. The second-order valence-corrected chi connectivity index (χ2v) is 10.1. The molecule has 1 aromatic rings. The van der Waals surface area contributed by atoms with E-state index in [0.29, 0.717) is 6.47 Å². The zero-order valence-corrected chi connectivity index (χ0v) is 19.7. The number of nitrogens with one attached hydrogen (secondary N) is 1. The molecular weight excluding hydrogens is 432 g/mol. The maximum absolute atomic E-state index is 11.3. The number of carbonyl (C=O) groups is 1. The fourth-order valence-corrected chi connectivity index (χ4v) is 4.53. The Morgan fingerprint density at radius 1 is 1.24 bits per heavy atom. The van der Waals surface area contributed by atoms with E-state index in [2.05, 4.69) is 55.1 Å². The second-order valence-electron chi connectivity index (χ2n) is 9.15. The van der Waals surface area contributed by atoms with Gasteiger partial charge in [-0.3, -0.25) is 4.79 Å². The van der Waals surface area contributed by atoms with Crippen LogP contribution in [0.1, 0.15) is 64.4 Å². The summed E-state index contributed by atoms with van der Waals surface area (Å²) in [7, 11) is 0. The highest BCUT2D eigenvalue weighted by atomic mass is 79.9. The van der Waals surface area contributed by atoms with Crippen molar-refractivity contribution in [2.75, 3.05) is 32.7 Å². The largest absolute Gasteiger partial charge is 0.462 e. The first-order chi connectivity index (χ1) is 13.7. The van der Waals surface area contributed by atoms with Gasteiger partial charge in [0.1, 0.15) is 5.60 Å². The van der Waals surface area contributed by atoms with E-state index in [4.69, 9.17) is 0 Å². The Morgan fingerprint density at radius 2 is 1.90 bits per heavy atom. The smallest absolute Gasteiger partial charge is 0.293 e. The second kappa shape index (κ2) is 11.4. The molecular formula is C23H37BrN2O3. The van der Waals surface area contributed by atoms with Crippen LogP contribution in [0.2, 0.25) is 0 Å². The van der Waals surface area contributed by atoms with E-state index < -0.39 is 5.60 Å². The molecule has 6 heteroatoms. The van der Waals surface area contributed by atoms with Crippen molar-refractivity contribution >= 4 is 22.4 Å². The topological polar surface area (TPSA) is 61.8 Å². The predicted molar refractivity (Wildman–Crippen MR) is 121 cm³/mol. The lowest BCUT2D eigenvalue weighted by molar-refractivity contribution is -0.138. The summed E-state index contributed by atoms with van der Waals surface area (Å²) in [5.74, 6) is 0.211. The summed E-state index contributed by atoms with van der Waals surface area (Å²) in [4.78, 5) is 12.1. The number of nitrogens with zero attached hydrogens (tertiary/aromatic N) is 1. The van der Waals surface area contributed by atoms with Crippen LogP contribution in [0.5, 0.6) is 0 Å². The zero-order valence-electron chi connectivity index (χ0n) is 18.1. The Bertz CT molecular complexity index is 621. The van der Waals surface area contributed by atoms with Crippen molar-refractivity contribution in [2.24, 2.45) is 0 Å². The third-order valence-electron chi connectivity index (χ3n) is 5.67. The highest BCUT2D eigenvalue weighted by Crippen LogP contribution is 2.41. The van der Waals surface area contributed by atoms with Crippen LogP contribution in [0.15, 0.2) is 28.7 Å². The lowest BCUT2D eigenvalue weighted by atomic mass is 9.72. The molecule has 0 aromatic heterocycles. The molecule has 1 aliphatic heterocycles. The SMILES string of the molecule is CC(C)(C)OC=O.OC1(C(CN2CCNCC2)c2cccc(Br)c2)CCCCC1. The van der Waals surface area contributed by atoms with Gasteiger partial charge < -0.3 is 20.1 Å². The third kappa shape index (κ3) is 8.36. The number of benzene rings is 1. The first-order valence-corrected chi connectivity index (χ1v) is 11.6. The van der Waals surface area contributed by atoms with Crippen LogP contribution in [0.4, 0.5) is 0 Å². The minimum Gasteiger partial charge on any atom is -0.462 e. The number of piperazine rings is 1. The highest BCUT2D eigenvalue weighted by molar-refractivity contribution is 9.10. The maximum atomic E-state index is 11.3. The zero-order chi connectivity index (χ0) is 21.3. The van der Waals surface area contributed by atoms with Crippen LogP contribution in [-0.2, 0) is 9.53 Å². The van der Waals surface area contributed by atoms with Gasteiger partial charge >= 0.3 is 0 Å². The van der Waals surface area contributed by atoms with E-state index in [9.17, 15) is 9.90 Å². The molecule has 1 unspecified atom stereocenters. The van der Waals surface area contributed by atoms with E-state index in [1.54, 1.807) is 0 Å². The summed E-state index contributed by atoms with van der Waals surface area (Å²) in [6.07, 6.45) is 5.46. The Kier molecular flexibility index (Phi) is 9.60. The van der Waals surface area contributed by atoms with Crippen LogP contribution in [-0.4, -0.2) is 60.4 Å². The van der Waals surface area contributed by atoms with Crippen molar-refractivity contribution in [3.63, 3.8) is 0 Å². The predicted octanol–water partition coefficient (Wildman–Crippen LogP) is 4.09. The van der Waals surface area contributed by atoms with E-state index >= 15 is 0 Å². The molecule has 0 bridgehead atoms. The minimum absolute atomic E-state index is 0.211. The Hall–Kier alpha value is -0.950. The molecule has 3 rings (SSSR count). The average Bonchev–Trinajstić information content (AvgIpc) is 2.67. The molecule has 0 amide bonds. The van der Waals surface area contributed by atoms with Gasteiger partial charge in [-0.2, -0.15) is 0 Å². The van der Waals surface area contributed by atoms with Gasteiger partial charge in [0.2, 0.25) is 0 Å². The first kappa shape index (κ1) is 24.3. The molecule has 1 heterocycles. The molecule has 29 heavy (non-hydrogen) atoms. The van der Waals surface area contributed by atoms with E-state index in [1.807, 2.05) is 20.8 Å². The standard InChI is InChI=1S/C18H27BrN2O.C5H10O2/c19-16-6-4-5-15(13-16)17(14-21-11-9-20-10-12-21)18(22)7-2-1-3-8-18;1-5(2,3)7-4-6/h4-6,13,17,20,22H,1-3,7-12,14H2;4H,1-3H3. The van der Waals surface area contributed by atoms with E-state index in [-0.39, 0.29) is 11.5 Å². The van der Waals surface area contributed by atoms with Gasteiger partial charge in [0.05, 0.1) is 5.60 Å². The van der Waals surface area contributed by atoms with Gasteiger partial charge in [-0.25, -0.2) is 0 Å². The summed E-state index contributed by atoms with van der Waals surface area (Å²) >= 11 is 3.59. The van der Waals surface area contributed by atoms with Crippen molar-refractivity contribution in [1.82, 2.24) is 10.2 Å². The van der Waals surface area contributed by atoms with Crippen LogP contribution < -0.4 is 5.32 Å². The monoisotopic (exact) mass is 468 g/mol. The van der Waals surface area contributed by atoms with Crippen molar-refractivity contribution in [3.05, 3.63) is 34.3 Å². The number of rotatable bonds is 5. The van der Waals surface area contributed by atoms with Gasteiger partial charge in [0.15, 0.2) is 0 Å². The van der Waals surface area contributed by atoms with E-state index in [1.165, 1.54) is 12.0 Å². The fraction of sp³-hybridized carbons (Fsp3) is 0.696. The Labute approximate surface area is 184 Å². The molecule has 0 radical (unpaired) electrons. The number of ether oxygens (including phenoxy) is 1. The van der Waals surface area contributed by atoms with Crippen molar-refractivity contribution in [3.8, 4) is 0 Å². The summed E-state index contributed by atoms with van der Waals surface area (Å²) < 4.78 is 5.65. The van der Waals surface area contributed by atoms with Crippen molar-refractivity contribution in [2.45, 2.75) is 70.0 Å². The summed E-state index contributed by atoms with van der Waals surface area (Å²) in [6.45, 7) is 11.2. The Balaban J connectivity index is 0.000000370. The molecule has 1 aliphatic carbocycles. The van der Waals surface area contributed by atoms with Crippen molar-refractivity contribution < 1.29 is 14.6 Å². The molecule has 2 N–H and O–H groups in total.